The first-order chi connectivity index (χ1) is 12.0. The summed E-state index contributed by atoms with van der Waals surface area (Å²) in [5, 5.41) is 22.2. The van der Waals surface area contributed by atoms with E-state index in [0.717, 1.165) is 25.7 Å². The molecule has 3 bridgehead atoms. The topological polar surface area (TPSA) is 66.8 Å². The molecule has 2 N–H and O–H groups in total. The van der Waals surface area contributed by atoms with Crippen LogP contribution in [0.4, 0.5) is 0 Å². The Balaban J connectivity index is 1.63. The third-order valence-electron chi connectivity index (χ3n) is 8.76. The Morgan fingerprint density at radius 2 is 1.59 bits per heavy atom. The average molecular weight is 379 g/mol. The van der Waals surface area contributed by atoms with Crippen molar-refractivity contribution >= 4 is 5.97 Å². The fourth-order valence-electron chi connectivity index (χ4n) is 7.53. The fourth-order valence-corrected chi connectivity index (χ4v) is 7.53. The highest BCUT2D eigenvalue weighted by atomic mass is 16.6. The number of hydrogen-bond donors (Lipinski definition) is 2. The highest BCUT2D eigenvalue weighted by Crippen LogP contribution is 2.79. The summed E-state index contributed by atoms with van der Waals surface area (Å²) in [4.78, 5) is 13.6. The van der Waals surface area contributed by atoms with E-state index >= 15 is 0 Å². The van der Waals surface area contributed by atoms with E-state index in [-0.39, 0.29) is 22.2 Å². The lowest BCUT2D eigenvalue weighted by Gasteiger charge is -2.55. The molecule has 0 saturated heterocycles. The van der Waals surface area contributed by atoms with Gasteiger partial charge in [0.15, 0.2) is 0 Å². The summed E-state index contributed by atoms with van der Waals surface area (Å²) >= 11 is 0. The first-order valence-electron chi connectivity index (χ1n) is 10.7. The first kappa shape index (κ1) is 19.7. The van der Waals surface area contributed by atoms with Crippen molar-refractivity contribution in [2.24, 2.45) is 27.6 Å². The number of carbonyl (C=O) groups excluding carboxylic acids is 1. The van der Waals surface area contributed by atoms with Gasteiger partial charge in [-0.05, 0) is 55.8 Å². The molecular weight excluding hydrogens is 340 g/mol. The van der Waals surface area contributed by atoms with Gasteiger partial charge >= 0.3 is 5.97 Å². The van der Waals surface area contributed by atoms with Crippen molar-refractivity contribution in [1.29, 1.82) is 0 Å². The molecule has 4 aliphatic rings. The second-order valence-electron chi connectivity index (χ2n) is 13.1. The Bertz CT molecular complexity index is 687. The number of aliphatic hydroxyl groups is 2. The molecule has 4 nitrogen and oxygen atoms in total. The van der Waals surface area contributed by atoms with E-state index in [4.69, 9.17) is 4.74 Å². The third-order valence-corrected chi connectivity index (χ3v) is 8.76. The molecule has 27 heavy (non-hydrogen) atoms. The maximum absolute atomic E-state index is 13.6. The van der Waals surface area contributed by atoms with Crippen molar-refractivity contribution in [3.05, 3.63) is 0 Å². The molecule has 4 aliphatic carbocycles. The van der Waals surface area contributed by atoms with Crippen molar-refractivity contribution in [3.63, 3.8) is 0 Å². The van der Waals surface area contributed by atoms with Crippen LogP contribution in [-0.4, -0.2) is 33.0 Å². The van der Waals surface area contributed by atoms with Gasteiger partial charge in [-0.15, -0.1) is 0 Å². The molecule has 0 aromatic rings. The van der Waals surface area contributed by atoms with Gasteiger partial charge in [0, 0.05) is 18.3 Å². The van der Waals surface area contributed by atoms with E-state index in [1.54, 1.807) is 0 Å². The van der Waals surface area contributed by atoms with Gasteiger partial charge in [-0.2, -0.15) is 0 Å². The van der Waals surface area contributed by atoms with E-state index in [9.17, 15) is 15.0 Å². The highest BCUT2D eigenvalue weighted by molar-refractivity contribution is 5.78. The van der Waals surface area contributed by atoms with E-state index in [1.165, 1.54) is 0 Å². The van der Waals surface area contributed by atoms with Crippen molar-refractivity contribution in [1.82, 2.24) is 0 Å². The minimum absolute atomic E-state index is 0.0101. The van der Waals surface area contributed by atoms with E-state index in [0.29, 0.717) is 25.2 Å². The van der Waals surface area contributed by atoms with Crippen LogP contribution in [0.5, 0.6) is 0 Å². The lowest BCUT2D eigenvalue weighted by molar-refractivity contribution is -0.193. The van der Waals surface area contributed by atoms with Crippen LogP contribution in [0.25, 0.3) is 0 Å². The van der Waals surface area contributed by atoms with Crippen LogP contribution in [0.15, 0.2) is 0 Å². The van der Waals surface area contributed by atoms with Gasteiger partial charge in [-0.3, -0.25) is 4.79 Å². The minimum atomic E-state index is -0.874. The molecule has 4 fully saturated rings. The summed E-state index contributed by atoms with van der Waals surface area (Å²) in [5.74, 6) is 0.256. The van der Waals surface area contributed by atoms with Gasteiger partial charge in [0.2, 0.25) is 0 Å². The smallest absolute Gasteiger partial charge is 0.312 e. The summed E-state index contributed by atoms with van der Waals surface area (Å²) in [6.07, 6.45) is 4.66. The molecule has 6 atom stereocenters. The quantitative estimate of drug-likeness (QED) is 0.722. The monoisotopic (exact) mass is 378 g/mol. The van der Waals surface area contributed by atoms with E-state index < -0.39 is 22.2 Å². The van der Waals surface area contributed by atoms with Gasteiger partial charge in [0.1, 0.15) is 5.60 Å². The van der Waals surface area contributed by atoms with E-state index in [1.807, 2.05) is 6.92 Å². The molecule has 6 unspecified atom stereocenters. The Morgan fingerprint density at radius 3 is 2.15 bits per heavy atom. The molecule has 4 saturated carbocycles. The number of carbonyl (C=O) groups is 1. The summed E-state index contributed by atoms with van der Waals surface area (Å²) in [7, 11) is 0. The second-order valence-corrected chi connectivity index (χ2v) is 13.1. The molecule has 0 radical (unpaired) electrons. The van der Waals surface area contributed by atoms with Crippen LogP contribution >= 0.6 is 0 Å². The normalized spacial score (nSPS) is 47.4. The summed E-state index contributed by atoms with van der Waals surface area (Å²) in [6, 6.07) is 0. The second kappa shape index (κ2) is 4.92. The van der Waals surface area contributed by atoms with Gasteiger partial charge in [0.05, 0.1) is 16.6 Å². The number of rotatable bonds is 3. The number of fused-ring (bicyclic) bond motifs is 2. The van der Waals surface area contributed by atoms with Gasteiger partial charge < -0.3 is 14.9 Å². The zero-order valence-electron chi connectivity index (χ0n) is 18.2. The molecule has 0 amide bonds. The van der Waals surface area contributed by atoms with Crippen LogP contribution in [-0.2, 0) is 9.53 Å². The Morgan fingerprint density at radius 1 is 0.963 bits per heavy atom. The average Bonchev–Trinajstić information content (AvgIpc) is 2.67. The van der Waals surface area contributed by atoms with Crippen LogP contribution in [0.3, 0.4) is 0 Å². The molecule has 154 valence electrons. The Labute approximate surface area is 164 Å². The van der Waals surface area contributed by atoms with E-state index in [2.05, 4.69) is 41.5 Å². The van der Waals surface area contributed by atoms with Crippen LogP contribution in [0.2, 0.25) is 0 Å². The number of esters is 1. The predicted octanol–water partition coefficient (Wildman–Crippen LogP) is 4.22. The molecule has 0 aliphatic heterocycles. The summed E-state index contributed by atoms with van der Waals surface area (Å²) in [6.45, 7) is 14.9. The summed E-state index contributed by atoms with van der Waals surface area (Å²) in [5.41, 5.74) is -3.25. The lowest BCUT2D eigenvalue weighted by atomic mass is 9.53. The molecule has 4 rings (SSSR count). The lowest BCUT2D eigenvalue weighted by Crippen LogP contribution is -2.57. The van der Waals surface area contributed by atoms with Crippen LogP contribution in [0.1, 0.15) is 93.4 Å². The van der Waals surface area contributed by atoms with Crippen molar-refractivity contribution in [2.75, 3.05) is 0 Å². The van der Waals surface area contributed by atoms with Crippen molar-refractivity contribution in [3.8, 4) is 0 Å². The van der Waals surface area contributed by atoms with Crippen LogP contribution in [0, 0.1) is 27.6 Å². The SMILES string of the molecule is CC(C)(C)CC(C)(C(=O)OC12CC3CC4(O)CC(O)(C1)CC34C2)C(C)(C)C. The maximum Gasteiger partial charge on any atom is 0.312 e. The summed E-state index contributed by atoms with van der Waals surface area (Å²) < 4.78 is 6.38. The Kier molecular flexibility index (Phi) is 3.59. The van der Waals surface area contributed by atoms with Crippen LogP contribution < -0.4 is 0 Å². The molecule has 1 spiro atoms. The predicted molar refractivity (Wildman–Crippen MR) is 104 cm³/mol. The number of hydrogen-bond acceptors (Lipinski definition) is 4. The zero-order chi connectivity index (χ0) is 20.3. The van der Waals surface area contributed by atoms with Gasteiger partial charge in [-0.25, -0.2) is 0 Å². The van der Waals surface area contributed by atoms with Gasteiger partial charge in [0.25, 0.3) is 0 Å². The largest absolute Gasteiger partial charge is 0.458 e. The highest BCUT2D eigenvalue weighted by Gasteiger charge is 2.82. The molecule has 0 aromatic heterocycles. The third kappa shape index (κ3) is 2.51. The number of ether oxygens (including phenoxy) is 1. The fraction of sp³-hybridized carbons (Fsp3) is 0.957. The Hall–Kier alpha value is -0.610. The molecule has 4 heteroatoms. The first-order valence-corrected chi connectivity index (χ1v) is 10.7. The van der Waals surface area contributed by atoms with Gasteiger partial charge in [-0.1, -0.05) is 41.5 Å². The van der Waals surface area contributed by atoms with Crippen molar-refractivity contribution < 1.29 is 19.7 Å². The zero-order valence-corrected chi connectivity index (χ0v) is 18.2. The molecule has 0 aromatic carbocycles. The maximum atomic E-state index is 13.6. The molecule has 0 heterocycles. The standard InChI is InChI=1S/C23H38O4/c1-17(2,3)10-19(7,18(4,5)6)16(24)27-21-8-15-9-23(26)13-20(25,11-21)12-22(15,23)14-21/h15,25-26H,8-14H2,1-7H3. The minimum Gasteiger partial charge on any atom is -0.458 e. The van der Waals surface area contributed by atoms with Crippen molar-refractivity contribution in [2.45, 2.75) is 110 Å². The molecular formula is C23H38O4.